The fourth-order valence-corrected chi connectivity index (χ4v) is 4.65. The summed E-state index contributed by atoms with van der Waals surface area (Å²) in [4.78, 5) is 37.3. The average Bonchev–Trinajstić information content (AvgIpc) is 2.85. The number of methoxy groups -OCH3 is 1. The van der Waals surface area contributed by atoms with E-state index in [-0.39, 0.29) is 48.6 Å². The van der Waals surface area contributed by atoms with Crippen LogP contribution >= 0.6 is 22.6 Å². The number of aldehydes is 1. The van der Waals surface area contributed by atoms with Crippen LogP contribution in [0.2, 0.25) is 0 Å². The quantitative estimate of drug-likeness (QED) is 0.237. The summed E-state index contributed by atoms with van der Waals surface area (Å²) in [7, 11) is 1.33. The second kappa shape index (κ2) is 14.0. The van der Waals surface area contributed by atoms with Gasteiger partial charge in [0.25, 0.3) is 0 Å². The summed E-state index contributed by atoms with van der Waals surface area (Å²) >= 11 is 1.87. The molecule has 0 heterocycles. The highest BCUT2D eigenvalue weighted by molar-refractivity contribution is 14.1. The molecule has 0 bridgehead atoms. The SMILES string of the molecule is CCCCC(=O)N(CC(F)(F)F)[C@@H]1CC(C(=O)NCCO)=C[C@H](Oc2c(I)cc(C=O)cc2OC)[C@H]1O. The minimum Gasteiger partial charge on any atom is -0.493 e. The molecule has 0 fully saturated rings. The fourth-order valence-electron chi connectivity index (χ4n) is 3.89. The second-order valence-electron chi connectivity index (χ2n) is 8.41. The zero-order chi connectivity index (χ0) is 27.8. The minimum atomic E-state index is -4.75. The first-order valence-electron chi connectivity index (χ1n) is 11.6. The molecule has 0 aliphatic heterocycles. The second-order valence-corrected chi connectivity index (χ2v) is 9.57. The molecule has 3 atom stereocenters. The molecule has 0 aromatic heterocycles. The molecule has 206 valence electrons. The van der Waals surface area contributed by atoms with Crippen LogP contribution in [0, 0.1) is 3.57 Å². The van der Waals surface area contributed by atoms with Gasteiger partial charge in [0.05, 0.1) is 23.3 Å². The van der Waals surface area contributed by atoms with Crippen LogP contribution in [-0.2, 0) is 9.59 Å². The van der Waals surface area contributed by atoms with Crippen molar-refractivity contribution < 1.29 is 47.2 Å². The molecule has 1 aromatic carbocycles. The Hall–Kier alpha value is -2.39. The predicted molar refractivity (Wildman–Crippen MR) is 135 cm³/mol. The van der Waals surface area contributed by atoms with E-state index in [0.717, 1.165) is 0 Å². The van der Waals surface area contributed by atoms with Gasteiger partial charge in [0.15, 0.2) is 11.5 Å². The van der Waals surface area contributed by atoms with Crippen LogP contribution in [0.15, 0.2) is 23.8 Å². The molecule has 9 nitrogen and oxygen atoms in total. The lowest BCUT2D eigenvalue weighted by Crippen LogP contribution is -2.57. The van der Waals surface area contributed by atoms with Crippen molar-refractivity contribution in [1.82, 2.24) is 10.2 Å². The fraction of sp³-hybridized carbons (Fsp3) is 0.542. The van der Waals surface area contributed by atoms with Gasteiger partial charge in [-0.25, -0.2) is 0 Å². The van der Waals surface area contributed by atoms with Crippen molar-refractivity contribution in [2.24, 2.45) is 0 Å². The van der Waals surface area contributed by atoms with E-state index >= 15 is 0 Å². The first-order chi connectivity index (χ1) is 17.4. The van der Waals surface area contributed by atoms with Crippen molar-refractivity contribution >= 4 is 40.7 Å². The zero-order valence-corrected chi connectivity index (χ0v) is 22.5. The number of nitrogens with zero attached hydrogens (tertiary/aromatic N) is 1. The van der Waals surface area contributed by atoms with E-state index in [1.807, 2.05) is 22.6 Å². The van der Waals surface area contributed by atoms with E-state index in [1.165, 1.54) is 25.3 Å². The van der Waals surface area contributed by atoms with E-state index < -0.39 is 42.8 Å². The molecule has 3 N–H and O–H groups in total. The number of aliphatic hydroxyl groups excluding tert-OH is 2. The largest absolute Gasteiger partial charge is 0.493 e. The van der Waals surface area contributed by atoms with Gasteiger partial charge in [-0.05, 0) is 47.2 Å². The van der Waals surface area contributed by atoms with Crippen LogP contribution in [0.3, 0.4) is 0 Å². The number of ether oxygens (including phenoxy) is 2. The maximum Gasteiger partial charge on any atom is 0.406 e. The smallest absolute Gasteiger partial charge is 0.406 e. The normalized spacial score (nSPS) is 19.6. The van der Waals surface area contributed by atoms with Crippen molar-refractivity contribution in [1.29, 1.82) is 0 Å². The Morgan fingerprint density at radius 3 is 2.59 bits per heavy atom. The van der Waals surface area contributed by atoms with Gasteiger partial charge in [0.2, 0.25) is 11.8 Å². The molecule has 2 rings (SSSR count). The highest BCUT2D eigenvalue weighted by Gasteiger charge is 2.44. The van der Waals surface area contributed by atoms with E-state index in [0.29, 0.717) is 27.6 Å². The van der Waals surface area contributed by atoms with Crippen LogP contribution in [0.5, 0.6) is 11.5 Å². The molecule has 0 unspecified atom stereocenters. The van der Waals surface area contributed by atoms with Gasteiger partial charge in [-0.3, -0.25) is 14.4 Å². The maximum absolute atomic E-state index is 13.5. The molecule has 13 heteroatoms. The maximum atomic E-state index is 13.5. The zero-order valence-electron chi connectivity index (χ0n) is 20.4. The molecule has 1 aromatic rings. The Morgan fingerprint density at radius 1 is 1.32 bits per heavy atom. The Morgan fingerprint density at radius 2 is 2.03 bits per heavy atom. The molecular weight excluding hydrogens is 612 g/mol. The lowest BCUT2D eigenvalue weighted by molar-refractivity contribution is -0.172. The Kier molecular flexibility index (Phi) is 11.6. The number of benzene rings is 1. The van der Waals surface area contributed by atoms with Gasteiger partial charge in [0.1, 0.15) is 25.0 Å². The van der Waals surface area contributed by atoms with Gasteiger partial charge in [-0.2, -0.15) is 13.2 Å². The highest BCUT2D eigenvalue weighted by atomic mass is 127. The summed E-state index contributed by atoms with van der Waals surface area (Å²) in [5.41, 5.74) is 0.274. The van der Waals surface area contributed by atoms with Gasteiger partial charge in [-0.1, -0.05) is 13.3 Å². The Balaban J connectivity index is 2.53. The topological polar surface area (TPSA) is 125 Å². The summed E-state index contributed by atoms with van der Waals surface area (Å²) in [6.45, 7) is -0.281. The van der Waals surface area contributed by atoms with Crippen molar-refractivity contribution in [2.45, 2.75) is 57.0 Å². The molecule has 0 saturated carbocycles. The Bertz CT molecular complexity index is 1000. The average molecular weight is 642 g/mol. The first kappa shape index (κ1) is 30.8. The number of nitrogens with one attached hydrogen (secondary N) is 1. The number of amides is 2. The molecule has 37 heavy (non-hydrogen) atoms. The van der Waals surface area contributed by atoms with Gasteiger partial charge >= 0.3 is 6.18 Å². The van der Waals surface area contributed by atoms with Crippen LogP contribution in [0.1, 0.15) is 43.0 Å². The van der Waals surface area contributed by atoms with E-state index in [2.05, 4.69) is 5.32 Å². The third-order valence-corrected chi connectivity index (χ3v) is 6.47. The van der Waals surface area contributed by atoms with Gasteiger partial charge < -0.3 is 29.9 Å². The molecule has 1 aliphatic rings. The number of hydrogen-bond acceptors (Lipinski definition) is 7. The van der Waals surface area contributed by atoms with E-state index in [9.17, 15) is 32.7 Å². The van der Waals surface area contributed by atoms with Gasteiger partial charge in [0, 0.05) is 30.5 Å². The third kappa shape index (κ3) is 8.57. The van der Waals surface area contributed by atoms with E-state index in [1.54, 1.807) is 6.92 Å². The summed E-state index contributed by atoms with van der Waals surface area (Å²) in [6, 6.07) is 1.45. The number of carbonyl (C=O) groups is 3. The standard InChI is InChI=1S/C24H30F3IN2O7/c1-3-4-5-20(33)30(13-24(25,26)27)17-10-15(23(35)29-6-7-31)11-18(21(17)34)37-22-16(28)8-14(12-32)9-19(22)36-2/h8-9,11-12,17-18,21,31,34H,3-7,10,13H2,1-2H3,(H,29,35)/t17-,18+,21+/m1/s1. The number of unbranched alkanes of at least 4 members (excludes halogenated alkanes) is 1. The number of carbonyl (C=O) groups excluding carboxylic acids is 3. The lowest BCUT2D eigenvalue weighted by Gasteiger charge is -2.41. The highest BCUT2D eigenvalue weighted by Crippen LogP contribution is 2.37. The summed E-state index contributed by atoms with van der Waals surface area (Å²) in [5.74, 6) is -1.24. The monoisotopic (exact) mass is 642 g/mol. The number of alkyl halides is 3. The van der Waals surface area contributed by atoms with Crippen molar-refractivity contribution in [3.8, 4) is 11.5 Å². The predicted octanol–water partition coefficient (Wildman–Crippen LogP) is 2.61. The third-order valence-electron chi connectivity index (χ3n) is 5.67. The number of aliphatic hydroxyl groups is 2. The van der Waals surface area contributed by atoms with Crippen molar-refractivity contribution in [3.63, 3.8) is 0 Å². The molecular formula is C24H30F3IN2O7. The number of halogens is 4. The van der Waals surface area contributed by atoms with Gasteiger partial charge in [-0.15, -0.1) is 0 Å². The minimum absolute atomic E-state index is 0.0114. The number of hydrogen-bond donors (Lipinski definition) is 3. The summed E-state index contributed by atoms with van der Waals surface area (Å²) in [5, 5.41) is 22.6. The van der Waals surface area contributed by atoms with Crippen LogP contribution in [0.25, 0.3) is 0 Å². The van der Waals surface area contributed by atoms with Crippen molar-refractivity contribution in [2.75, 3.05) is 26.8 Å². The lowest BCUT2D eigenvalue weighted by atomic mass is 9.88. The molecule has 1 aliphatic carbocycles. The summed E-state index contributed by atoms with van der Waals surface area (Å²) in [6.07, 6.45) is -5.43. The molecule has 0 spiro atoms. The van der Waals surface area contributed by atoms with Crippen LogP contribution < -0.4 is 14.8 Å². The first-order valence-corrected chi connectivity index (χ1v) is 12.7. The number of rotatable bonds is 12. The summed E-state index contributed by atoms with van der Waals surface area (Å²) < 4.78 is 52.1. The van der Waals surface area contributed by atoms with Crippen LogP contribution in [-0.4, -0.2) is 84.4 Å². The Labute approximate surface area is 226 Å². The molecule has 0 saturated heterocycles. The van der Waals surface area contributed by atoms with Crippen molar-refractivity contribution in [3.05, 3.63) is 32.9 Å². The molecule has 0 radical (unpaired) electrons. The molecule has 2 amide bonds. The van der Waals surface area contributed by atoms with E-state index in [4.69, 9.17) is 14.6 Å². The van der Waals surface area contributed by atoms with Crippen LogP contribution in [0.4, 0.5) is 13.2 Å².